The summed E-state index contributed by atoms with van der Waals surface area (Å²) in [4.78, 5) is 27.2. The molecule has 2 aliphatic heterocycles. The largest absolute Gasteiger partial charge is 0.326 e. The molecule has 176 valence electrons. The van der Waals surface area contributed by atoms with Gasteiger partial charge in [0.25, 0.3) is 0 Å². The van der Waals surface area contributed by atoms with Crippen molar-refractivity contribution in [3.8, 4) is 0 Å². The summed E-state index contributed by atoms with van der Waals surface area (Å²) in [5, 5.41) is 2.95. The first kappa shape index (κ1) is 23.4. The van der Waals surface area contributed by atoms with E-state index in [-0.39, 0.29) is 29.7 Å². The van der Waals surface area contributed by atoms with Gasteiger partial charge in [0, 0.05) is 37.4 Å². The van der Waals surface area contributed by atoms with E-state index in [0.717, 1.165) is 29.7 Å². The van der Waals surface area contributed by atoms with Gasteiger partial charge in [-0.25, -0.2) is 8.42 Å². The highest BCUT2D eigenvalue weighted by Crippen LogP contribution is 2.29. The number of aryl methyl sites for hydroxylation is 2. The Morgan fingerprint density at radius 1 is 1.03 bits per heavy atom. The molecule has 0 radical (unpaired) electrons. The van der Waals surface area contributed by atoms with Crippen molar-refractivity contribution in [2.24, 2.45) is 11.8 Å². The highest BCUT2D eigenvalue weighted by atomic mass is 32.2. The molecule has 8 heteroatoms. The third-order valence-corrected chi connectivity index (χ3v) is 8.59. The number of nitrogens with zero attached hydrogens (tertiary/aromatic N) is 2. The van der Waals surface area contributed by atoms with Crippen LogP contribution in [-0.4, -0.2) is 44.2 Å². The van der Waals surface area contributed by atoms with Crippen LogP contribution in [0, 0.1) is 25.7 Å². The van der Waals surface area contributed by atoms with Gasteiger partial charge in [0.2, 0.25) is 21.8 Å². The fraction of sp³-hybridized carbons (Fsp3) is 0.440. The number of carbonyl (C=O) groups is 2. The second-order valence-corrected chi connectivity index (χ2v) is 11.2. The summed E-state index contributed by atoms with van der Waals surface area (Å²) in [6.07, 6.45) is 1.86. The molecular weight excluding hydrogens is 438 g/mol. The van der Waals surface area contributed by atoms with Gasteiger partial charge in [-0.1, -0.05) is 19.1 Å². The molecule has 2 aromatic carbocycles. The molecule has 33 heavy (non-hydrogen) atoms. The van der Waals surface area contributed by atoms with Crippen LogP contribution in [-0.2, 0) is 19.6 Å². The zero-order valence-electron chi connectivity index (χ0n) is 19.4. The molecule has 2 heterocycles. The topological polar surface area (TPSA) is 86.8 Å². The molecule has 2 saturated heterocycles. The van der Waals surface area contributed by atoms with Gasteiger partial charge in [-0.05, 0) is 74.1 Å². The second kappa shape index (κ2) is 9.27. The van der Waals surface area contributed by atoms with Crippen LogP contribution in [0.15, 0.2) is 47.4 Å². The lowest BCUT2D eigenvalue weighted by molar-refractivity contribution is -0.122. The number of nitrogens with one attached hydrogen (secondary N) is 1. The molecule has 0 bridgehead atoms. The van der Waals surface area contributed by atoms with E-state index < -0.39 is 15.9 Å². The van der Waals surface area contributed by atoms with Crippen molar-refractivity contribution in [3.05, 3.63) is 53.6 Å². The predicted molar refractivity (Wildman–Crippen MR) is 129 cm³/mol. The minimum atomic E-state index is -3.54. The SMILES string of the molecule is Cc1ccc(C)c(NC(=O)[C@@H]2CC(=O)N(c3ccc(S(=O)(=O)N4CCC(C)CC4)cc3)C2)c1. The third-order valence-electron chi connectivity index (χ3n) is 6.68. The summed E-state index contributed by atoms with van der Waals surface area (Å²) in [5.74, 6) is -0.244. The van der Waals surface area contributed by atoms with E-state index in [1.54, 1.807) is 29.2 Å². The lowest BCUT2D eigenvalue weighted by Crippen LogP contribution is -2.37. The first-order chi connectivity index (χ1) is 15.6. The summed E-state index contributed by atoms with van der Waals surface area (Å²) in [6.45, 7) is 7.37. The van der Waals surface area contributed by atoms with Gasteiger partial charge in [0.05, 0.1) is 10.8 Å². The maximum absolute atomic E-state index is 12.9. The first-order valence-electron chi connectivity index (χ1n) is 11.4. The molecular formula is C25H31N3O4S. The van der Waals surface area contributed by atoms with Gasteiger partial charge in [0.15, 0.2) is 0 Å². The van der Waals surface area contributed by atoms with Crippen LogP contribution in [0.2, 0.25) is 0 Å². The van der Waals surface area contributed by atoms with E-state index in [1.165, 1.54) is 4.31 Å². The summed E-state index contributed by atoms with van der Waals surface area (Å²) in [7, 11) is -3.54. The minimum Gasteiger partial charge on any atom is -0.326 e. The highest BCUT2D eigenvalue weighted by molar-refractivity contribution is 7.89. The molecule has 1 atom stereocenters. The molecule has 4 rings (SSSR count). The predicted octanol–water partition coefficient (Wildman–Crippen LogP) is 3.72. The summed E-state index contributed by atoms with van der Waals surface area (Å²) >= 11 is 0. The van der Waals surface area contributed by atoms with Gasteiger partial charge in [0.1, 0.15) is 0 Å². The molecule has 0 aromatic heterocycles. The molecule has 0 aliphatic carbocycles. The molecule has 2 aliphatic rings. The maximum Gasteiger partial charge on any atom is 0.243 e. The number of anilines is 2. The van der Waals surface area contributed by atoms with E-state index in [4.69, 9.17) is 0 Å². The molecule has 2 fully saturated rings. The number of piperidine rings is 1. The molecule has 0 saturated carbocycles. The van der Waals surface area contributed by atoms with E-state index >= 15 is 0 Å². The van der Waals surface area contributed by atoms with Crippen LogP contribution in [0.3, 0.4) is 0 Å². The number of hydrogen-bond acceptors (Lipinski definition) is 4. The number of carbonyl (C=O) groups excluding carboxylic acids is 2. The van der Waals surface area contributed by atoms with Crippen LogP contribution in [0.1, 0.15) is 37.3 Å². The van der Waals surface area contributed by atoms with Gasteiger partial charge >= 0.3 is 0 Å². The van der Waals surface area contributed by atoms with E-state index in [1.807, 2.05) is 32.0 Å². The van der Waals surface area contributed by atoms with Crippen LogP contribution < -0.4 is 10.2 Å². The second-order valence-electron chi connectivity index (χ2n) is 9.29. The Morgan fingerprint density at radius 3 is 2.36 bits per heavy atom. The fourth-order valence-corrected chi connectivity index (χ4v) is 5.88. The Kier molecular flexibility index (Phi) is 6.59. The zero-order valence-corrected chi connectivity index (χ0v) is 20.2. The molecule has 7 nitrogen and oxygen atoms in total. The third kappa shape index (κ3) is 4.96. The average molecular weight is 470 g/mol. The summed E-state index contributed by atoms with van der Waals surface area (Å²) in [6, 6.07) is 12.3. The molecule has 2 amide bonds. The Hall–Kier alpha value is -2.71. The van der Waals surface area contributed by atoms with Crippen molar-refractivity contribution in [3.63, 3.8) is 0 Å². The normalized spacial score (nSPS) is 20.3. The molecule has 0 unspecified atom stereocenters. The standard InChI is InChI=1S/C25H31N3O4S/c1-17-10-12-27(13-11-17)33(31,32)22-8-6-21(7-9-22)28-16-20(15-24(28)29)25(30)26-23-14-18(2)4-5-19(23)3/h4-9,14,17,20H,10-13,15-16H2,1-3H3,(H,26,30)/t20-/m1/s1. The van der Waals surface area contributed by atoms with Gasteiger partial charge in [-0.2, -0.15) is 4.31 Å². The Bertz CT molecular complexity index is 1150. The maximum atomic E-state index is 12.9. The van der Waals surface area contributed by atoms with Crippen molar-refractivity contribution < 1.29 is 18.0 Å². The lowest BCUT2D eigenvalue weighted by atomic mass is 10.0. The number of benzene rings is 2. The van der Waals surface area contributed by atoms with E-state index in [9.17, 15) is 18.0 Å². The van der Waals surface area contributed by atoms with Crippen molar-refractivity contribution in [1.29, 1.82) is 0 Å². The van der Waals surface area contributed by atoms with Gasteiger partial charge < -0.3 is 10.2 Å². The fourth-order valence-electron chi connectivity index (χ4n) is 4.41. The number of hydrogen-bond donors (Lipinski definition) is 1. The zero-order chi connectivity index (χ0) is 23.8. The van der Waals surface area contributed by atoms with Crippen molar-refractivity contribution >= 4 is 33.2 Å². The molecule has 0 spiro atoms. The van der Waals surface area contributed by atoms with Crippen molar-refractivity contribution in [2.45, 2.75) is 44.9 Å². The van der Waals surface area contributed by atoms with Gasteiger partial charge in [-0.15, -0.1) is 0 Å². The monoisotopic (exact) mass is 469 g/mol. The number of rotatable bonds is 5. The van der Waals surface area contributed by atoms with Crippen molar-refractivity contribution in [2.75, 3.05) is 29.9 Å². The van der Waals surface area contributed by atoms with Crippen LogP contribution >= 0.6 is 0 Å². The average Bonchev–Trinajstić information content (AvgIpc) is 3.18. The Balaban J connectivity index is 1.44. The van der Waals surface area contributed by atoms with E-state index in [0.29, 0.717) is 24.7 Å². The van der Waals surface area contributed by atoms with Crippen molar-refractivity contribution in [1.82, 2.24) is 4.31 Å². The Morgan fingerprint density at radius 2 is 1.70 bits per heavy atom. The van der Waals surface area contributed by atoms with Crippen LogP contribution in [0.25, 0.3) is 0 Å². The number of amides is 2. The lowest BCUT2D eigenvalue weighted by Gasteiger charge is -2.29. The summed E-state index contributed by atoms with van der Waals surface area (Å²) < 4.78 is 27.4. The van der Waals surface area contributed by atoms with E-state index in [2.05, 4.69) is 12.2 Å². The smallest absolute Gasteiger partial charge is 0.243 e. The van der Waals surface area contributed by atoms with Crippen LogP contribution in [0.4, 0.5) is 11.4 Å². The highest BCUT2D eigenvalue weighted by Gasteiger charge is 2.36. The molecule has 1 N–H and O–H groups in total. The van der Waals surface area contributed by atoms with Crippen LogP contribution in [0.5, 0.6) is 0 Å². The van der Waals surface area contributed by atoms with Gasteiger partial charge in [-0.3, -0.25) is 9.59 Å². The Labute approximate surface area is 195 Å². The molecule has 2 aromatic rings. The quantitative estimate of drug-likeness (QED) is 0.723. The number of sulfonamides is 1. The minimum absolute atomic E-state index is 0.128. The summed E-state index contributed by atoms with van der Waals surface area (Å²) in [5.41, 5.74) is 3.38. The first-order valence-corrected chi connectivity index (χ1v) is 12.9.